The van der Waals surface area contributed by atoms with Crippen LogP contribution in [0.25, 0.3) is 0 Å². The van der Waals surface area contributed by atoms with E-state index in [-0.39, 0.29) is 11.3 Å². The number of amides is 1. The SMILES string of the molecule is Cc1cc(NC(=O)c2nc(C)sc2Nc2cncc(C(F)F)c2)ccn1. The summed E-state index contributed by atoms with van der Waals surface area (Å²) in [5.41, 5.74) is 1.71. The monoisotopic (exact) mass is 375 g/mol. The van der Waals surface area contributed by atoms with Crippen LogP contribution in [0.4, 0.5) is 25.2 Å². The maximum Gasteiger partial charge on any atom is 0.277 e. The number of anilines is 3. The molecule has 0 aliphatic carbocycles. The maximum atomic E-state index is 12.8. The van der Waals surface area contributed by atoms with Gasteiger partial charge < -0.3 is 10.6 Å². The van der Waals surface area contributed by atoms with E-state index in [4.69, 9.17) is 0 Å². The fraction of sp³-hybridized carbons (Fsp3) is 0.176. The molecule has 2 N–H and O–H groups in total. The zero-order valence-electron chi connectivity index (χ0n) is 14.0. The molecule has 3 aromatic heterocycles. The highest BCUT2D eigenvalue weighted by atomic mass is 32.1. The van der Waals surface area contributed by atoms with Crippen LogP contribution in [0, 0.1) is 13.8 Å². The Morgan fingerprint density at radius 3 is 2.73 bits per heavy atom. The second-order valence-electron chi connectivity index (χ2n) is 5.48. The average Bonchev–Trinajstić information content (AvgIpc) is 2.95. The Kier molecular flexibility index (Phi) is 5.17. The summed E-state index contributed by atoms with van der Waals surface area (Å²) in [6, 6.07) is 4.70. The van der Waals surface area contributed by atoms with E-state index < -0.39 is 12.3 Å². The molecule has 0 aromatic carbocycles. The molecule has 0 saturated heterocycles. The predicted molar refractivity (Wildman–Crippen MR) is 96.3 cm³/mol. The molecular formula is C17H15F2N5OS. The highest BCUT2D eigenvalue weighted by Crippen LogP contribution is 2.29. The number of halogens is 2. The van der Waals surface area contributed by atoms with Gasteiger partial charge in [0.05, 0.1) is 16.9 Å². The third-order valence-corrected chi connectivity index (χ3v) is 4.26. The number of hydrogen-bond acceptors (Lipinski definition) is 6. The molecule has 0 fully saturated rings. The van der Waals surface area contributed by atoms with Gasteiger partial charge in [-0.1, -0.05) is 0 Å². The Morgan fingerprint density at radius 1 is 1.19 bits per heavy atom. The first kappa shape index (κ1) is 17.9. The minimum atomic E-state index is -2.62. The van der Waals surface area contributed by atoms with Crippen molar-refractivity contribution in [2.75, 3.05) is 10.6 Å². The molecule has 3 rings (SSSR count). The Balaban J connectivity index is 1.84. The van der Waals surface area contributed by atoms with Gasteiger partial charge in [-0.05, 0) is 32.0 Å². The average molecular weight is 375 g/mol. The molecule has 26 heavy (non-hydrogen) atoms. The normalized spacial score (nSPS) is 10.8. The number of nitrogens with zero attached hydrogens (tertiary/aromatic N) is 3. The molecule has 0 bridgehead atoms. The van der Waals surface area contributed by atoms with Crippen LogP contribution in [0.2, 0.25) is 0 Å². The Labute approximate surface area is 152 Å². The van der Waals surface area contributed by atoms with Crippen LogP contribution in [0.3, 0.4) is 0 Å². The van der Waals surface area contributed by atoms with Crippen LogP contribution in [0.5, 0.6) is 0 Å². The molecule has 3 aromatic rings. The fourth-order valence-corrected chi connectivity index (χ4v) is 3.09. The molecule has 6 nitrogen and oxygen atoms in total. The van der Waals surface area contributed by atoms with Crippen LogP contribution >= 0.6 is 11.3 Å². The van der Waals surface area contributed by atoms with Gasteiger partial charge in [0.2, 0.25) is 0 Å². The molecule has 3 heterocycles. The summed E-state index contributed by atoms with van der Waals surface area (Å²) in [6.07, 6.45) is 1.49. The lowest BCUT2D eigenvalue weighted by atomic mass is 10.2. The first-order valence-electron chi connectivity index (χ1n) is 7.64. The Hall–Kier alpha value is -2.94. The first-order chi connectivity index (χ1) is 12.4. The molecule has 9 heteroatoms. The van der Waals surface area contributed by atoms with Gasteiger partial charge in [0.25, 0.3) is 12.3 Å². The number of pyridine rings is 2. The summed E-state index contributed by atoms with van der Waals surface area (Å²) >= 11 is 1.25. The molecule has 0 radical (unpaired) electrons. The summed E-state index contributed by atoms with van der Waals surface area (Å²) in [7, 11) is 0. The number of carbonyl (C=O) groups excluding carboxylic acids is 1. The van der Waals surface area contributed by atoms with Crippen molar-refractivity contribution in [2.24, 2.45) is 0 Å². The van der Waals surface area contributed by atoms with Crippen LogP contribution in [-0.2, 0) is 0 Å². The van der Waals surface area contributed by atoms with Gasteiger partial charge in [-0.25, -0.2) is 13.8 Å². The number of rotatable bonds is 5. The first-order valence-corrected chi connectivity index (χ1v) is 8.45. The number of carbonyl (C=O) groups is 1. The largest absolute Gasteiger partial charge is 0.344 e. The fourth-order valence-electron chi connectivity index (χ4n) is 2.26. The van der Waals surface area contributed by atoms with Crippen molar-refractivity contribution in [1.82, 2.24) is 15.0 Å². The van der Waals surface area contributed by atoms with Crippen molar-refractivity contribution in [3.8, 4) is 0 Å². The van der Waals surface area contributed by atoms with E-state index in [1.807, 2.05) is 6.92 Å². The van der Waals surface area contributed by atoms with E-state index in [1.165, 1.54) is 23.6 Å². The number of thiazole rings is 1. The Bertz CT molecular complexity index is 944. The third-order valence-electron chi connectivity index (χ3n) is 3.37. The van der Waals surface area contributed by atoms with E-state index in [2.05, 4.69) is 25.6 Å². The number of aryl methyl sites for hydroxylation is 2. The van der Waals surface area contributed by atoms with Crippen molar-refractivity contribution in [1.29, 1.82) is 0 Å². The number of aromatic nitrogens is 3. The van der Waals surface area contributed by atoms with Crippen LogP contribution in [0.1, 0.15) is 33.2 Å². The molecule has 0 unspecified atom stereocenters. The second-order valence-corrected chi connectivity index (χ2v) is 6.69. The Morgan fingerprint density at radius 2 is 2.00 bits per heavy atom. The van der Waals surface area contributed by atoms with Crippen molar-refractivity contribution >= 4 is 33.6 Å². The maximum absolute atomic E-state index is 12.8. The molecular weight excluding hydrogens is 360 g/mol. The van der Waals surface area contributed by atoms with Crippen LogP contribution in [0.15, 0.2) is 36.8 Å². The predicted octanol–water partition coefficient (Wildman–Crippen LogP) is 4.48. The minimum Gasteiger partial charge on any atom is -0.344 e. The summed E-state index contributed by atoms with van der Waals surface area (Å²) in [5.74, 6) is -0.402. The number of alkyl halides is 2. The number of nitrogens with one attached hydrogen (secondary N) is 2. The van der Waals surface area contributed by atoms with Crippen LogP contribution < -0.4 is 10.6 Å². The topological polar surface area (TPSA) is 79.8 Å². The molecule has 0 aliphatic heterocycles. The highest BCUT2D eigenvalue weighted by Gasteiger charge is 2.18. The molecule has 0 saturated carbocycles. The number of hydrogen-bond donors (Lipinski definition) is 2. The summed E-state index contributed by atoms with van der Waals surface area (Å²) in [4.78, 5) is 24.7. The molecule has 0 aliphatic rings. The lowest BCUT2D eigenvalue weighted by molar-refractivity contribution is 0.102. The summed E-state index contributed by atoms with van der Waals surface area (Å²) < 4.78 is 25.7. The zero-order valence-corrected chi connectivity index (χ0v) is 14.8. The molecule has 0 atom stereocenters. The van der Waals surface area contributed by atoms with Crippen molar-refractivity contribution < 1.29 is 13.6 Å². The molecule has 1 amide bonds. The van der Waals surface area contributed by atoms with Crippen LogP contribution in [-0.4, -0.2) is 20.9 Å². The smallest absolute Gasteiger partial charge is 0.277 e. The van der Waals surface area contributed by atoms with Gasteiger partial charge in [0.15, 0.2) is 5.69 Å². The lowest BCUT2D eigenvalue weighted by Gasteiger charge is -2.08. The van der Waals surface area contributed by atoms with Gasteiger partial charge in [-0.2, -0.15) is 0 Å². The van der Waals surface area contributed by atoms with Crippen molar-refractivity contribution in [2.45, 2.75) is 20.3 Å². The standard InChI is InChI=1S/C17H15F2N5OS/c1-9-5-12(3-4-21-9)23-16(25)14-17(26-10(2)22-14)24-13-6-11(15(18)19)7-20-8-13/h3-8,15,24H,1-2H3,(H,21,23,25). The van der Waals surface area contributed by atoms with E-state index in [0.29, 0.717) is 21.4 Å². The van der Waals surface area contributed by atoms with Gasteiger partial charge in [0.1, 0.15) is 5.00 Å². The van der Waals surface area contributed by atoms with Gasteiger partial charge in [-0.15, -0.1) is 11.3 Å². The van der Waals surface area contributed by atoms with E-state index in [1.54, 1.807) is 25.3 Å². The van der Waals surface area contributed by atoms with Crippen molar-refractivity contribution in [3.63, 3.8) is 0 Å². The van der Waals surface area contributed by atoms with E-state index >= 15 is 0 Å². The summed E-state index contributed by atoms with van der Waals surface area (Å²) in [5, 5.41) is 6.84. The highest BCUT2D eigenvalue weighted by molar-refractivity contribution is 7.16. The second kappa shape index (κ2) is 7.52. The zero-order chi connectivity index (χ0) is 18.7. The van der Waals surface area contributed by atoms with Gasteiger partial charge in [-0.3, -0.25) is 14.8 Å². The van der Waals surface area contributed by atoms with E-state index in [9.17, 15) is 13.6 Å². The minimum absolute atomic E-state index is 0.185. The van der Waals surface area contributed by atoms with E-state index in [0.717, 1.165) is 11.9 Å². The molecule has 0 spiro atoms. The van der Waals surface area contributed by atoms with Crippen molar-refractivity contribution in [3.05, 3.63) is 58.7 Å². The van der Waals surface area contributed by atoms with Gasteiger partial charge in [0, 0.05) is 29.3 Å². The summed E-state index contributed by atoms with van der Waals surface area (Å²) in [6.45, 7) is 3.58. The molecule has 134 valence electrons. The quantitative estimate of drug-likeness (QED) is 0.687. The van der Waals surface area contributed by atoms with Gasteiger partial charge >= 0.3 is 0 Å². The third kappa shape index (κ3) is 4.17. The lowest BCUT2D eigenvalue weighted by Crippen LogP contribution is -2.14.